The maximum absolute atomic E-state index is 11.5. The highest BCUT2D eigenvalue weighted by atomic mass is 16.6. The summed E-state index contributed by atoms with van der Waals surface area (Å²) < 4.78 is 15.5. The normalized spacial score (nSPS) is 20.4. The lowest BCUT2D eigenvalue weighted by atomic mass is 10.2. The molecule has 0 bridgehead atoms. The highest BCUT2D eigenvalue weighted by Crippen LogP contribution is 2.06. The van der Waals surface area contributed by atoms with Crippen molar-refractivity contribution in [1.29, 1.82) is 0 Å². The largest absolute Gasteiger partial charge is 0.459 e. The number of hydrogen-bond acceptors (Lipinski definition) is 4. The van der Waals surface area contributed by atoms with Gasteiger partial charge in [0.1, 0.15) is 6.61 Å². The van der Waals surface area contributed by atoms with Crippen LogP contribution >= 0.6 is 0 Å². The van der Waals surface area contributed by atoms with Crippen LogP contribution in [0.5, 0.6) is 0 Å². The first kappa shape index (κ1) is 11.1. The van der Waals surface area contributed by atoms with Crippen molar-refractivity contribution in [1.82, 2.24) is 0 Å². The number of carbonyl (C=O) groups is 1. The molecule has 0 aliphatic carbocycles. The molecule has 1 aromatic rings. The van der Waals surface area contributed by atoms with Crippen molar-refractivity contribution in [2.45, 2.75) is 12.7 Å². The average Bonchev–Trinajstić information content (AvgIpc) is 2.38. The molecule has 2 rings (SSSR count). The van der Waals surface area contributed by atoms with Gasteiger partial charge in [-0.1, -0.05) is 30.3 Å². The summed E-state index contributed by atoms with van der Waals surface area (Å²) in [5, 5.41) is 0. The second-order valence-electron chi connectivity index (χ2n) is 3.53. The highest BCUT2D eigenvalue weighted by molar-refractivity contribution is 5.74. The fourth-order valence-electron chi connectivity index (χ4n) is 1.45. The van der Waals surface area contributed by atoms with Crippen LogP contribution in [0.25, 0.3) is 0 Å². The summed E-state index contributed by atoms with van der Waals surface area (Å²) in [5.74, 6) is -0.358. The van der Waals surface area contributed by atoms with Gasteiger partial charge in [0.2, 0.25) is 0 Å². The van der Waals surface area contributed by atoms with Crippen LogP contribution in [0.1, 0.15) is 5.56 Å². The predicted octanol–water partition coefficient (Wildman–Crippen LogP) is 1.15. The monoisotopic (exact) mass is 222 g/mol. The summed E-state index contributed by atoms with van der Waals surface area (Å²) >= 11 is 0. The Labute approximate surface area is 94.1 Å². The SMILES string of the molecule is O=C(OCc1ccccc1)C1COCCO1. The van der Waals surface area contributed by atoms with Crippen LogP contribution < -0.4 is 0 Å². The maximum atomic E-state index is 11.5. The van der Waals surface area contributed by atoms with Crippen LogP contribution in [0.3, 0.4) is 0 Å². The van der Waals surface area contributed by atoms with E-state index in [4.69, 9.17) is 14.2 Å². The molecule has 0 spiro atoms. The number of carbonyl (C=O) groups excluding carboxylic acids is 1. The van der Waals surface area contributed by atoms with Crippen molar-refractivity contribution in [3.05, 3.63) is 35.9 Å². The number of ether oxygens (including phenoxy) is 3. The van der Waals surface area contributed by atoms with E-state index >= 15 is 0 Å². The third-order valence-electron chi connectivity index (χ3n) is 2.30. The Morgan fingerprint density at radius 3 is 2.81 bits per heavy atom. The molecule has 1 heterocycles. The second-order valence-corrected chi connectivity index (χ2v) is 3.53. The summed E-state index contributed by atoms with van der Waals surface area (Å²) in [6.45, 7) is 1.56. The molecule has 4 nitrogen and oxygen atoms in total. The molecule has 1 aliphatic rings. The molecule has 1 aromatic carbocycles. The number of rotatable bonds is 3. The predicted molar refractivity (Wildman–Crippen MR) is 56.8 cm³/mol. The van der Waals surface area contributed by atoms with Crippen LogP contribution in [0, 0.1) is 0 Å². The van der Waals surface area contributed by atoms with Crippen LogP contribution in [0.2, 0.25) is 0 Å². The highest BCUT2D eigenvalue weighted by Gasteiger charge is 2.23. The lowest BCUT2D eigenvalue weighted by molar-refractivity contribution is -0.172. The van der Waals surface area contributed by atoms with Crippen LogP contribution in [0.4, 0.5) is 0 Å². The molecule has 0 amide bonds. The first-order valence-electron chi connectivity index (χ1n) is 5.26. The molecule has 1 fully saturated rings. The molecule has 1 aliphatic heterocycles. The van der Waals surface area contributed by atoms with E-state index in [9.17, 15) is 4.79 Å². The topological polar surface area (TPSA) is 44.8 Å². The minimum atomic E-state index is -0.572. The standard InChI is InChI=1S/C12H14O4/c13-12(11-9-14-6-7-15-11)16-8-10-4-2-1-3-5-10/h1-5,11H,6-9H2. The minimum Gasteiger partial charge on any atom is -0.459 e. The Morgan fingerprint density at radius 2 is 2.12 bits per heavy atom. The Bertz CT molecular complexity index is 330. The van der Waals surface area contributed by atoms with Crippen molar-refractivity contribution in [2.75, 3.05) is 19.8 Å². The van der Waals surface area contributed by atoms with Crippen LogP contribution in [-0.4, -0.2) is 31.9 Å². The van der Waals surface area contributed by atoms with Gasteiger partial charge < -0.3 is 14.2 Å². The number of benzene rings is 1. The van der Waals surface area contributed by atoms with Gasteiger partial charge >= 0.3 is 5.97 Å². The van der Waals surface area contributed by atoms with Crippen LogP contribution in [0.15, 0.2) is 30.3 Å². The zero-order valence-electron chi connectivity index (χ0n) is 8.93. The van der Waals surface area contributed by atoms with Gasteiger partial charge in [0.25, 0.3) is 0 Å². The van der Waals surface area contributed by atoms with Crippen molar-refractivity contribution < 1.29 is 19.0 Å². The lowest BCUT2D eigenvalue weighted by Crippen LogP contribution is -2.36. The van der Waals surface area contributed by atoms with Gasteiger partial charge in [0.05, 0.1) is 19.8 Å². The fraction of sp³-hybridized carbons (Fsp3) is 0.417. The first-order valence-corrected chi connectivity index (χ1v) is 5.26. The Hall–Kier alpha value is -1.39. The van der Waals surface area contributed by atoms with E-state index in [0.717, 1.165) is 5.56 Å². The summed E-state index contributed by atoms with van der Waals surface area (Å²) in [6, 6.07) is 9.55. The Kier molecular flexibility index (Phi) is 3.91. The Morgan fingerprint density at radius 1 is 1.31 bits per heavy atom. The van der Waals surface area contributed by atoms with Crippen LogP contribution in [-0.2, 0) is 25.6 Å². The van der Waals surface area contributed by atoms with Gasteiger partial charge in [0.15, 0.2) is 6.10 Å². The molecule has 16 heavy (non-hydrogen) atoms. The molecular formula is C12H14O4. The maximum Gasteiger partial charge on any atom is 0.338 e. The van der Waals surface area contributed by atoms with Crippen molar-refractivity contribution >= 4 is 5.97 Å². The minimum absolute atomic E-state index is 0.277. The lowest BCUT2D eigenvalue weighted by Gasteiger charge is -2.21. The molecule has 1 unspecified atom stereocenters. The van der Waals surface area contributed by atoms with E-state index < -0.39 is 6.10 Å². The molecule has 0 aromatic heterocycles. The van der Waals surface area contributed by atoms with E-state index in [2.05, 4.69) is 0 Å². The van der Waals surface area contributed by atoms with E-state index in [-0.39, 0.29) is 19.2 Å². The third kappa shape index (κ3) is 3.05. The summed E-state index contributed by atoms with van der Waals surface area (Å²) in [5.41, 5.74) is 0.965. The zero-order valence-corrected chi connectivity index (χ0v) is 8.93. The van der Waals surface area contributed by atoms with Gasteiger partial charge in [-0.2, -0.15) is 0 Å². The fourth-order valence-corrected chi connectivity index (χ4v) is 1.45. The number of hydrogen-bond donors (Lipinski definition) is 0. The zero-order chi connectivity index (χ0) is 11.2. The van der Waals surface area contributed by atoms with Gasteiger partial charge in [0, 0.05) is 0 Å². The van der Waals surface area contributed by atoms with Crippen molar-refractivity contribution in [3.8, 4) is 0 Å². The van der Waals surface area contributed by atoms with Crippen molar-refractivity contribution in [3.63, 3.8) is 0 Å². The molecule has 1 atom stereocenters. The van der Waals surface area contributed by atoms with E-state index in [1.165, 1.54) is 0 Å². The van der Waals surface area contributed by atoms with E-state index in [0.29, 0.717) is 13.2 Å². The quantitative estimate of drug-likeness (QED) is 0.719. The van der Waals surface area contributed by atoms with Gasteiger partial charge in [-0.3, -0.25) is 0 Å². The summed E-state index contributed by atoms with van der Waals surface area (Å²) in [4.78, 5) is 11.5. The molecule has 0 saturated carbocycles. The van der Waals surface area contributed by atoms with Crippen molar-refractivity contribution in [2.24, 2.45) is 0 Å². The first-order chi connectivity index (χ1) is 7.86. The number of esters is 1. The molecular weight excluding hydrogens is 208 g/mol. The smallest absolute Gasteiger partial charge is 0.338 e. The van der Waals surface area contributed by atoms with E-state index in [1.807, 2.05) is 30.3 Å². The average molecular weight is 222 g/mol. The summed E-state index contributed by atoms with van der Waals surface area (Å²) in [7, 11) is 0. The third-order valence-corrected chi connectivity index (χ3v) is 2.30. The molecule has 0 N–H and O–H groups in total. The van der Waals surface area contributed by atoms with E-state index in [1.54, 1.807) is 0 Å². The molecule has 86 valence electrons. The molecule has 4 heteroatoms. The second kappa shape index (κ2) is 5.63. The van der Waals surface area contributed by atoms with Gasteiger partial charge in [-0.05, 0) is 5.56 Å². The van der Waals surface area contributed by atoms with Gasteiger partial charge in [-0.15, -0.1) is 0 Å². The summed E-state index contributed by atoms with van der Waals surface area (Å²) in [6.07, 6.45) is -0.572. The Balaban J connectivity index is 1.79. The molecule has 1 saturated heterocycles. The van der Waals surface area contributed by atoms with Gasteiger partial charge in [-0.25, -0.2) is 4.79 Å². The molecule has 0 radical (unpaired) electrons.